The molecule has 0 aliphatic heterocycles. The molecule has 0 saturated carbocycles. The molecule has 0 aliphatic rings. The van der Waals surface area contributed by atoms with E-state index in [0.717, 1.165) is 5.56 Å². The van der Waals surface area contributed by atoms with E-state index in [0.29, 0.717) is 22.4 Å². The van der Waals surface area contributed by atoms with Crippen LogP contribution in [0.2, 0.25) is 0 Å². The van der Waals surface area contributed by atoms with Gasteiger partial charge in [-0.05, 0) is 17.7 Å². The highest BCUT2D eigenvalue weighted by Gasteiger charge is 2.14. The number of hydrogen-bond donors (Lipinski definition) is 2. The molecule has 1 aromatic carbocycles. The Hall–Kier alpha value is -2.63. The van der Waals surface area contributed by atoms with Crippen molar-refractivity contribution in [2.24, 2.45) is 7.05 Å². The number of nitrogen functional groups attached to an aromatic ring is 2. The van der Waals surface area contributed by atoms with Crippen LogP contribution in [0.3, 0.4) is 0 Å². The van der Waals surface area contributed by atoms with Crippen LogP contribution >= 0.6 is 0 Å². The lowest BCUT2D eigenvalue weighted by molar-refractivity contribution is 0.633. The van der Waals surface area contributed by atoms with E-state index in [4.69, 9.17) is 11.5 Å². The van der Waals surface area contributed by atoms with Gasteiger partial charge in [-0.15, -0.1) is 0 Å². The second-order valence-electron chi connectivity index (χ2n) is 4.35. The van der Waals surface area contributed by atoms with E-state index in [1.54, 1.807) is 6.07 Å². The van der Waals surface area contributed by atoms with Crippen LogP contribution < -0.4 is 11.5 Å². The predicted octanol–water partition coefficient (Wildman–Crippen LogP) is 1.94. The van der Waals surface area contributed by atoms with Gasteiger partial charge in [0.05, 0.1) is 11.1 Å². The second-order valence-corrected chi connectivity index (χ2v) is 4.35. The molecule has 0 bridgehead atoms. The van der Waals surface area contributed by atoms with Crippen molar-refractivity contribution in [3.8, 4) is 11.1 Å². The smallest absolute Gasteiger partial charge is 0.146 e. The Morgan fingerprint density at radius 1 is 1.21 bits per heavy atom. The number of rotatable bonds is 1. The minimum Gasteiger partial charge on any atom is -0.396 e. The summed E-state index contributed by atoms with van der Waals surface area (Å²) in [6, 6.07) is 4.67. The van der Waals surface area contributed by atoms with E-state index in [2.05, 4.69) is 9.97 Å². The first kappa shape index (κ1) is 11.5. The van der Waals surface area contributed by atoms with Gasteiger partial charge in [0.25, 0.3) is 0 Å². The molecule has 0 saturated heterocycles. The van der Waals surface area contributed by atoms with E-state index in [9.17, 15) is 4.39 Å². The summed E-state index contributed by atoms with van der Waals surface area (Å²) in [6.07, 6.45) is 3.26. The maximum atomic E-state index is 13.6. The van der Waals surface area contributed by atoms with Crippen molar-refractivity contribution in [1.29, 1.82) is 0 Å². The van der Waals surface area contributed by atoms with Gasteiger partial charge in [0.15, 0.2) is 0 Å². The number of aryl methyl sites for hydroxylation is 1. The maximum Gasteiger partial charge on any atom is 0.146 e. The van der Waals surface area contributed by atoms with Gasteiger partial charge in [0.2, 0.25) is 0 Å². The van der Waals surface area contributed by atoms with Gasteiger partial charge in [-0.25, -0.2) is 14.4 Å². The van der Waals surface area contributed by atoms with Crippen LogP contribution in [0.15, 0.2) is 30.7 Å². The topological polar surface area (TPSA) is 82.8 Å². The molecule has 5 nitrogen and oxygen atoms in total. The number of nitrogens with two attached hydrogens (primary N) is 2. The second kappa shape index (κ2) is 3.94. The highest BCUT2D eigenvalue weighted by Crippen LogP contribution is 2.32. The lowest BCUT2D eigenvalue weighted by Crippen LogP contribution is -1.94. The van der Waals surface area contributed by atoms with Crippen molar-refractivity contribution in [2.45, 2.75) is 0 Å². The fourth-order valence-corrected chi connectivity index (χ4v) is 2.15. The summed E-state index contributed by atoms with van der Waals surface area (Å²) in [4.78, 5) is 8.16. The number of aromatic nitrogens is 3. The monoisotopic (exact) mass is 257 g/mol. The summed E-state index contributed by atoms with van der Waals surface area (Å²) in [5, 5.41) is 0.717. The van der Waals surface area contributed by atoms with E-state index in [1.165, 1.54) is 18.5 Å². The molecule has 0 unspecified atom stereocenters. The number of benzene rings is 1. The Morgan fingerprint density at radius 3 is 2.74 bits per heavy atom. The molecule has 96 valence electrons. The van der Waals surface area contributed by atoms with Crippen LogP contribution in [-0.2, 0) is 7.05 Å². The average Bonchev–Trinajstić information content (AvgIpc) is 2.72. The SMILES string of the molecule is Cn1cc(-c2ccc(N)c(F)c2)c2c(N)ncnc21. The van der Waals surface area contributed by atoms with Gasteiger partial charge >= 0.3 is 0 Å². The lowest BCUT2D eigenvalue weighted by Gasteiger charge is -2.03. The van der Waals surface area contributed by atoms with Crippen LogP contribution in [-0.4, -0.2) is 14.5 Å². The average molecular weight is 257 g/mol. The first-order chi connectivity index (χ1) is 9.08. The standard InChI is InChI=1S/C13H12FN5/c1-19-5-8(7-2-3-10(15)9(14)4-7)11-12(16)17-6-18-13(11)19/h2-6H,15H2,1H3,(H2,16,17,18). The molecule has 3 rings (SSSR count). The molecule has 4 N–H and O–H groups in total. The molecule has 2 aromatic heterocycles. The number of fused-ring (bicyclic) bond motifs is 1. The van der Waals surface area contributed by atoms with Crippen molar-refractivity contribution < 1.29 is 4.39 Å². The van der Waals surface area contributed by atoms with E-state index in [-0.39, 0.29) is 5.69 Å². The molecule has 0 aliphatic carbocycles. The molecule has 6 heteroatoms. The summed E-state index contributed by atoms with van der Waals surface area (Å²) in [5.74, 6) is -0.0808. The molecular formula is C13H12FN5. The van der Waals surface area contributed by atoms with Gasteiger partial charge in [0, 0.05) is 18.8 Å². The molecule has 0 atom stereocenters. The van der Waals surface area contributed by atoms with Crippen molar-refractivity contribution in [3.63, 3.8) is 0 Å². The molecular weight excluding hydrogens is 245 g/mol. The third-order valence-electron chi connectivity index (χ3n) is 3.09. The van der Waals surface area contributed by atoms with Crippen LogP contribution in [0, 0.1) is 5.82 Å². The Bertz CT molecular complexity index is 778. The molecule has 0 amide bonds. The third kappa shape index (κ3) is 1.69. The molecule has 0 radical (unpaired) electrons. The normalized spacial score (nSPS) is 11.1. The van der Waals surface area contributed by atoms with Crippen molar-refractivity contribution in [2.75, 3.05) is 11.5 Å². The molecule has 0 spiro atoms. The van der Waals surface area contributed by atoms with Gasteiger partial charge in [-0.3, -0.25) is 0 Å². The Balaban J connectivity index is 2.33. The fraction of sp³-hybridized carbons (Fsp3) is 0.0769. The van der Waals surface area contributed by atoms with Gasteiger partial charge in [-0.2, -0.15) is 0 Å². The fourth-order valence-electron chi connectivity index (χ4n) is 2.15. The summed E-state index contributed by atoms with van der Waals surface area (Å²) in [5.41, 5.74) is 13.7. The highest BCUT2D eigenvalue weighted by atomic mass is 19.1. The minimum absolute atomic E-state index is 0.119. The quantitative estimate of drug-likeness (QED) is 0.652. The molecule has 19 heavy (non-hydrogen) atoms. The Kier molecular flexibility index (Phi) is 2.38. The van der Waals surface area contributed by atoms with Gasteiger partial charge < -0.3 is 16.0 Å². The summed E-state index contributed by atoms with van der Waals surface area (Å²) < 4.78 is 15.4. The number of anilines is 2. The van der Waals surface area contributed by atoms with Crippen LogP contribution in [0.4, 0.5) is 15.9 Å². The molecule has 0 fully saturated rings. The Labute approximate surface area is 108 Å². The zero-order valence-corrected chi connectivity index (χ0v) is 10.3. The van der Waals surface area contributed by atoms with Crippen LogP contribution in [0.1, 0.15) is 0 Å². The third-order valence-corrected chi connectivity index (χ3v) is 3.09. The van der Waals surface area contributed by atoms with Crippen molar-refractivity contribution in [3.05, 3.63) is 36.5 Å². The minimum atomic E-state index is -0.454. The van der Waals surface area contributed by atoms with E-state index >= 15 is 0 Å². The summed E-state index contributed by atoms with van der Waals surface area (Å²) in [6.45, 7) is 0. The number of nitrogens with zero attached hydrogens (tertiary/aromatic N) is 3. The zero-order valence-electron chi connectivity index (χ0n) is 10.3. The van der Waals surface area contributed by atoms with Gasteiger partial charge in [-0.1, -0.05) is 6.07 Å². The number of hydrogen-bond acceptors (Lipinski definition) is 4. The van der Waals surface area contributed by atoms with Crippen LogP contribution in [0.5, 0.6) is 0 Å². The first-order valence-corrected chi connectivity index (χ1v) is 5.69. The molecule has 2 heterocycles. The molecule has 3 aromatic rings. The summed E-state index contributed by atoms with van der Waals surface area (Å²) in [7, 11) is 1.85. The maximum absolute atomic E-state index is 13.6. The Morgan fingerprint density at radius 2 is 2.00 bits per heavy atom. The zero-order chi connectivity index (χ0) is 13.6. The lowest BCUT2D eigenvalue weighted by atomic mass is 10.1. The van der Waals surface area contributed by atoms with E-state index < -0.39 is 5.82 Å². The highest BCUT2D eigenvalue weighted by molar-refractivity contribution is 6.00. The predicted molar refractivity (Wildman–Crippen MR) is 72.7 cm³/mol. The van der Waals surface area contributed by atoms with Gasteiger partial charge in [0.1, 0.15) is 23.6 Å². The van der Waals surface area contributed by atoms with Crippen molar-refractivity contribution >= 4 is 22.5 Å². The number of halogens is 1. The van der Waals surface area contributed by atoms with E-state index in [1.807, 2.05) is 17.8 Å². The largest absolute Gasteiger partial charge is 0.396 e. The summed E-state index contributed by atoms with van der Waals surface area (Å²) >= 11 is 0. The van der Waals surface area contributed by atoms with Crippen LogP contribution in [0.25, 0.3) is 22.2 Å². The van der Waals surface area contributed by atoms with Crippen molar-refractivity contribution in [1.82, 2.24) is 14.5 Å². The first-order valence-electron chi connectivity index (χ1n) is 5.69.